The van der Waals surface area contributed by atoms with Crippen LogP contribution in [0, 0.1) is 12.8 Å². The Bertz CT molecular complexity index is 813. The molecule has 0 spiro atoms. The third-order valence-corrected chi connectivity index (χ3v) is 4.52. The van der Waals surface area contributed by atoms with Crippen LogP contribution in [0.15, 0.2) is 48.5 Å². The molecule has 0 heterocycles. The lowest BCUT2D eigenvalue weighted by Gasteiger charge is -2.22. The van der Waals surface area contributed by atoms with E-state index in [0.29, 0.717) is 18.5 Å². The minimum Gasteiger partial charge on any atom is -0.491 e. The minimum atomic E-state index is -0.579. The summed E-state index contributed by atoms with van der Waals surface area (Å²) in [5.41, 5.74) is 2.69. The number of carbonyl (C=O) groups is 2. The van der Waals surface area contributed by atoms with Gasteiger partial charge in [-0.15, -0.1) is 0 Å². The van der Waals surface area contributed by atoms with Gasteiger partial charge in [0.1, 0.15) is 11.8 Å². The van der Waals surface area contributed by atoms with Crippen molar-refractivity contribution in [1.82, 2.24) is 10.6 Å². The first-order valence-corrected chi connectivity index (χ1v) is 10.2. The zero-order chi connectivity index (χ0) is 21.4. The highest BCUT2D eigenvalue weighted by molar-refractivity contribution is 5.97. The van der Waals surface area contributed by atoms with Crippen molar-refractivity contribution in [2.75, 3.05) is 6.54 Å². The van der Waals surface area contributed by atoms with Crippen LogP contribution in [-0.2, 0) is 11.2 Å². The number of ether oxygens (including phenoxy) is 1. The van der Waals surface area contributed by atoms with Gasteiger partial charge in [-0.25, -0.2) is 0 Å². The summed E-state index contributed by atoms with van der Waals surface area (Å²) in [7, 11) is 0. The van der Waals surface area contributed by atoms with Gasteiger partial charge >= 0.3 is 0 Å². The number of rotatable bonds is 9. The Kier molecular flexibility index (Phi) is 8.25. The minimum absolute atomic E-state index is 0.0174. The van der Waals surface area contributed by atoms with Crippen LogP contribution in [0.1, 0.15) is 49.2 Å². The molecule has 0 saturated heterocycles. The van der Waals surface area contributed by atoms with Crippen molar-refractivity contribution in [2.45, 2.75) is 53.2 Å². The summed E-state index contributed by atoms with van der Waals surface area (Å²) < 4.78 is 5.64. The lowest BCUT2D eigenvalue weighted by atomic mass is 10.0. The monoisotopic (exact) mass is 396 g/mol. The summed E-state index contributed by atoms with van der Waals surface area (Å²) in [5, 5.41) is 5.81. The number of hydrogen-bond donors (Lipinski definition) is 2. The fourth-order valence-corrected chi connectivity index (χ4v) is 2.99. The van der Waals surface area contributed by atoms with Crippen LogP contribution in [-0.4, -0.2) is 30.5 Å². The molecule has 0 aliphatic heterocycles. The molecule has 156 valence electrons. The van der Waals surface area contributed by atoms with E-state index in [9.17, 15) is 9.59 Å². The van der Waals surface area contributed by atoms with Crippen molar-refractivity contribution in [2.24, 2.45) is 5.92 Å². The van der Waals surface area contributed by atoms with E-state index in [4.69, 9.17) is 4.74 Å². The molecule has 0 aliphatic rings. The molecule has 5 nitrogen and oxygen atoms in total. The summed E-state index contributed by atoms with van der Waals surface area (Å²) in [6.07, 6.45) is 0.854. The summed E-state index contributed by atoms with van der Waals surface area (Å²) in [6, 6.07) is 14.7. The summed E-state index contributed by atoms with van der Waals surface area (Å²) in [6.45, 7) is 10.3. The Morgan fingerprint density at radius 3 is 2.28 bits per heavy atom. The summed E-state index contributed by atoms with van der Waals surface area (Å²) >= 11 is 0. The highest BCUT2D eigenvalue weighted by Gasteiger charge is 2.24. The van der Waals surface area contributed by atoms with E-state index in [1.54, 1.807) is 6.07 Å². The third kappa shape index (κ3) is 7.26. The zero-order valence-electron chi connectivity index (χ0n) is 18.0. The number of nitrogens with one attached hydrogen (secondary N) is 2. The van der Waals surface area contributed by atoms with Crippen LogP contribution < -0.4 is 15.4 Å². The lowest BCUT2D eigenvalue weighted by Crippen LogP contribution is -2.50. The first kappa shape index (κ1) is 22.5. The Labute approximate surface area is 173 Å². The first-order chi connectivity index (χ1) is 13.8. The van der Waals surface area contributed by atoms with Gasteiger partial charge in [0, 0.05) is 12.1 Å². The van der Waals surface area contributed by atoms with Gasteiger partial charge in [0.05, 0.1) is 6.10 Å². The molecular formula is C24H32N2O3. The molecule has 2 aromatic carbocycles. The topological polar surface area (TPSA) is 67.4 Å². The molecule has 1 atom stereocenters. The normalized spacial score (nSPS) is 12.0. The van der Waals surface area contributed by atoms with Gasteiger partial charge in [0.25, 0.3) is 5.91 Å². The second-order valence-electron chi connectivity index (χ2n) is 7.92. The van der Waals surface area contributed by atoms with Gasteiger partial charge in [0.15, 0.2) is 0 Å². The molecule has 2 rings (SSSR count). The predicted molar refractivity (Wildman–Crippen MR) is 116 cm³/mol. The largest absolute Gasteiger partial charge is 0.491 e. The van der Waals surface area contributed by atoms with Gasteiger partial charge in [0.2, 0.25) is 5.91 Å². The Hall–Kier alpha value is -2.82. The number of carbonyl (C=O) groups excluding carboxylic acids is 2. The van der Waals surface area contributed by atoms with Crippen LogP contribution in [0.5, 0.6) is 5.75 Å². The number of hydrogen-bond acceptors (Lipinski definition) is 3. The zero-order valence-corrected chi connectivity index (χ0v) is 18.0. The SMILES string of the molecule is Cc1cccc(C(=O)NC(C(=O)NCCc2ccc(OC(C)C)cc2)C(C)C)c1. The summed E-state index contributed by atoms with van der Waals surface area (Å²) in [4.78, 5) is 25.2. The molecule has 0 fully saturated rings. The second kappa shape index (κ2) is 10.6. The van der Waals surface area contributed by atoms with Gasteiger partial charge in [-0.05, 0) is 62.9 Å². The van der Waals surface area contributed by atoms with Crippen molar-refractivity contribution < 1.29 is 14.3 Å². The van der Waals surface area contributed by atoms with E-state index >= 15 is 0 Å². The smallest absolute Gasteiger partial charge is 0.251 e. The van der Waals surface area contributed by atoms with Gasteiger partial charge in [-0.3, -0.25) is 9.59 Å². The van der Waals surface area contributed by atoms with Gasteiger partial charge in [-0.1, -0.05) is 43.7 Å². The van der Waals surface area contributed by atoms with Crippen molar-refractivity contribution in [1.29, 1.82) is 0 Å². The number of amides is 2. The molecule has 0 aliphatic carbocycles. The Morgan fingerprint density at radius 2 is 1.69 bits per heavy atom. The number of benzene rings is 2. The van der Waals surface area contributed by atoms with Crippen LogP contribution in [0.25, 0.3) is 0 Å². The molecular weight excluding hydrogens is 364 g/mol. The molecule has 2 amide bonds. The average Bonchev–Trinajstić information content (AvgIpc) is 2.66. The average molecular weight is 397 g/mol. The maximum Gasteiger partial charge on any atom is 0.251 e. The first-order valence-electron chi connectivity index (χ1n) is 10.2. The Balaban J connectivity index is 1.88. The second-order valence-corrected chi connectivity index (χ2v) is 7.92. The number of aryl methyl sites for hydroxylation is 1. The van der Waals surface area contributed by atoms with E-state index in [1.165, 1.54) is 0 Å². The maximum absolute atomic E-state index is 12.6. The molecule has 0 bridgehead atoms. The van der Waals surface area contributed by atoms with Crippen molar-refractivity contribution in [3.05, 3.63) is 65.2 Å². The van der Waals surface area contributed by atoms with Crippen LogP contribution in [0.4, 0.5) is 0 Å². The Morgan fingerprint density at radius 1 is 1.00 bits per heavy atom. The van der Waals surface area contributed by atoms with E-state index in [1.807, 2.05) is 77.1 Å². The fraction of sp³-hybridized carbons (Fsp3) is 0.417. The van der Waals surface area contributed by atoms with Gasteiger partial charge < -0.3 is 15.4 Å². The van der Waals surface area contributed by atoms with Crippen molar-refractivity contribution in [3.63, 3.8) is 0 Å². The molecule has 29 heavy (non-hydrogen) atoms. The predicted octanol–water partition coefficient (Wildman–Crippen LogP) is 3.90. The molecule has 2 N–H and O–H groups in total. The molecule has 0 saturated carbocycles. The van der Waals surface area contributed by atoms with Crippen LogP contribution in [0.2, 0.25) is 0 Å². The maximum atomic E-state index is 12.6. The van der Waals surface area contributed by atoms with Crippen LogP contribution in [0.3, 0.4) is 0 Å². The standard InChI is InChI=1S/C24H32N2O3/c1-16(2)22(26-23(27)20-8-6-7-18(5)15-20)24(28)25-14-13-19-9-11-21(12-10-19)29-17(3)4/h6-12,15-17,22H,13-14H2,1-5H3,(H,25,28)(H,26,27). The van der Waals surface area contributed by atoms with E-state index < -0.39 is 6.04 Å². The summed E-state index contributed by atoms with van der Waals surface area (Å²) in [5.74, 6) is 0.423. The molecule has 1 unspecified atom stereocenters. The van der Waals surface area contributed by atoms with E-state index in [0.717, 1.165) is 16.9 Å². The highest BCUT2D eigenvalue weighted by Crippen LogP contribution is 2.14. The van der Waals surface area contributed by atoms with Crippen molar-refractivity contribution in [3.8, 4) is 5.75 Å². The quantitative estimate of drug-likeness (QED) is 0.676. The molecule has 5 heteroatoms. The lowest BCUT2D eigenvalue weighted by molar-refractivity contribution is -0.123. The van der Waals surface area contributed by atoms with Crippen molar-refractivity contribution >= 4 is 11.8 Å². The van der Waals surface area contributed by atoms with E-state index in [-0.39, 0.29) is 23.8 Å². The van der Waals surface area contributed by atoms with Gasteiger partial charge in [-0.2, -0.15) is 0 Å². The molecule has 0 radical (unpaired) electrons. The molecule has 0 aromatic heterocycles. The van der Waals surface area contributed by atoms with Crippen LogP contribution >= 0.6 is 0 Å². The highest BCUT2D eigenvalue weighted by atomic mass is 16.5. The fourth-order valence-electron chi connectivity index (χ4n) is 2.99. The third-order valence-electron chi connectivity index (χ3n) is 4.52. The molecule has 2 aromatic rings. The van der Waals surface area contributed by atoms with E-state index in [2.05, 4.69) is 10.6 Å².